The van der Waals surface area contributed by atoms with Gasteiger partial charge in [0.25, 0.3) is 5.91 Å². The van der Waals surface area contributed by atoms with Crippen molar-refractivity contribution in [3.05, 3.63) is 82.3 Å². The number of pyridine rings is 3. The first kappa shape index (κ1) is 24.8. The fraction of sp³-hybridized carbons (Fsp3) is 0.259. The molecule has 6 rings (SSSR count). The summed E-state index contributed by atoms with van der Waals surface area (Å²) in [6, 6.07) is 14.1. The van der Waals surface area contributed by atoms with Gasteiger partial charge in [0.05, 0.1) is 47.3 Å². The van der Waals surface area contributed by atoms with Crippen molar-refractivity contribution in [2.75, 3.05) is 6.61 Å². The lowest BCUT2D eigenvalue weighted by Crippen LogP contribution is -2.24. The number of hydrogen-bond donors (Lipinski definition) is 1. The van der Waals surface area contributed by atoms with E-state index in [-0.39, 0.29) is 34.2 Å². The molecule has 1 N–H and O–H groups in total. The van der Waals surface area contributed by atoms with E-state index in [1.807, 2.05) is 30.3 Å². The highest BCUT2D eigenvalue weighted by Crippen LogP contribution is 2.39. The van der Waals surface area contributed by atoms with Crippen LogP contribution in [-0.4, -0.2) is 41.4 Å². The van der Waals surface area contributed by atoms with Crippen molar-refractivity contribution < 1.29 is 22.3 Å². The molecule has 1 saturated carbocycles. The third-order valence-electron chi connectivity index (χ3n) is 6.64. The molecular formula is C27H22ClFN4O4S. The number of ether oxygens (including phenoxy) is 1. The zero-order chi connectivity index (χ0) is 26.4. The number of nitrogens with one attached hydrogen (secondary N) is 1. The van der Waals surface area contributed by atoms with Gasteiger partial charge in [-0.05, 0) is 55.3 Å². The van der Waals surface area contributed by atoms with Crippen LogP contribution in [0.5, 0.6) is 0 Å². The Hall–Kier alpha value is -3.47. The van der Waals surface area contributed by atoms with Gasteiger partial charge in [-0.3, -0.25) is 14.8 Å². The van der Waals surface area contributed by atoms with Gasteiger partial charge in [0, 0.05) is 39.3 Å². The van der Waals surface area contributed by atoms with E-state index in [9.17, 15) is 17.6 Å². The van der Waals surface area contributed by atoms with Crippen molar-refractivity contribution in [2.24, 2.45) is 0 Å². The summed E-state index contributed by atoms with van der Waals surface area (Å²) in [4.78, 5) is 26.5. The Kier molecular flexibility index (Phi) is 6.33. The summed E-state index contributed by atoms with van der Waals surface area (Å²) >= 11 is 6.24. The summed E-state index contributed by atoms with van der Waals surface area (Å²) < 4.78 is 44.4. The molecular weight excluding hydrogens is 531 g/mol. The Balaban J connectivity index is 1.23. The number of fused-ring (bicyclic) bond motifs is 2. The molecule has 1 aliphatic heterocycles. The van der Waals surface area contributed by atoms with Gasteiger partial charge in [-0.25, -0.2) is 17.8 Å². The summed E-state index contributed by atoms with van der Waals surface area (Å²) in [5, 5.41) is 3.58. The Morgan fingerprint density at radius 2 is 1.92 bits per heavy atom. The van der Waals surface area contributed by atoms with Gasteiger partial charge in [0.1, 0.15) is 0 Å². The molecule has 0 radical (unpaired) electrons. The molecule has 0 saturated heterocycles. The molecule has 0 unspecified atom stereocenters. The van der Waals surface area contributed by atoms with Crippen LogP contribution in [0.1, 0.15) is 46.1 Å². The highest BCUT2D eigenvalue weighted by Gasteiger charge is 2.34. The number of sulfone groups is 1. The summed E-state index contributed by atoms with van der Waals surface area (Å²) in [5.41, 5.74) is 1.80. The van der Waals surface area contributed by atoms with Gasteiger partial charge in [-0.2, -0.15) is 0 Å². The summed E-state index contributed by atoms with van der Waals surface area (Å²) in [6.07, 6.45) is 4.01. The summed E-state index contributed by atoms with van der Waals surface area (Å²) in [6.45, 7) is -0.696. The lowest BCUT2D eigenvalue weighted by Gasteiger charge is -2.12. The van der Waals surface area contributed by atoms with Crippen LogP contribution in [0.3, 0.4) is 0 Å². The van der Waals surface area contributed by atoms with E-state index in [2.05, 4.69) is 10.3 Å². The third kappa shape index (κ3) is 4.75. The average molecular weight is 553 g/mol. The monoisotopic (exact) mass is 552 g/mol. The first-order chi connectivity index (χ1) is 18.3. The number of amides is 1. The van der Waals surface area contributed by atoms with E-state index in [0.717, 1.165) is 28.5 Å². The molecule has 1 aromatic carbocycles. The van der Waals surface area contributed by atoms with E-state index in [1.165, 1.54) is 18.9 Å². The molecule has 2 aliphatic rings. The Morgan fingerprint density at radius 1 is 1.11 bits per heavy atom. The highest BCUT2D eigenvalue weighted by molar-refractivity contribution is 7.92. The number of aromatic nitrogens is 3. The molecule has 1 aliphatic carbocycles. The van der Waals surface area contributed by atoms with Crippen molar-refractivity contribution in [1.82, 2.24) is 20.3 Å². The normalized spacial score (nSPS) is 18.5. The fourth-order valence-corrected chi connectivity index (χ4v) is 6.07. The molecule has 4 aromatic rings. The molecule has 1 fully saturated rings. The topological polar surface area (TPSA) is 111 Å². The smallest absolute Gasteiger partial charge is 0.251 e. The van der Waals surface area contributed by atoms with Crippen molar-refractivity contribution >= 4 is 38.2 Å². The molecule has 38 heavy (non-hydrogen) atoms. The summed E-state index contributed by atoms with van der Waals surface area (Å²) in [7, 11) is -4.34. The van der Waals surface area contributed by atoms with E-state index in [4.69, 9.17) is 26.3 Å². The van der Waals surface area contributed by atoms with Gasteiger partial charge in [0.2, 0.25) is 15.3 Å². The molecule has 1 atom stereocenters. The lowest BCUT2D eigenvalue weighted by molar-refractivity contribution is 0.0947. The number of benzene rings is 1. The van der Waals surface area contributed by atoms with Crippen molar-refractivity contribution in [3.8, 4) is 11.4 Å². The van der Waals surface area contributed by atoms with Crippen molar-refractivity contribution in [2.45, 2.75) is 42.3 Å². The first-order valence-corrected chi connectivity index (χ1v) is 14.0. The molecule has 0 spiro atoms. The van der Waals surface area contributed by atoms with Gasteiger partial charge >= 0.3 is 0 Å². The number of carbonyl (C=O) groups excluding carboxylic acids is 1. The van der Waals surface area contributed by atoms with Crippen LogP contribution in [0.25, 0.3) is 22.3 Å². The third-order valence-corrected chi connectivity index (χ3v) is 8.77. The van der Waals surface area contributed by atoms with Crippen molar-refractivity contribution in [1.29, 1.82) is 0 Å². The first-order valence-electron chi connectivity index (χ1n) is 12.1. The standard InChI is InChI=1S/C27H22ClFN4O4S/c28-20-8-17(9-25-19(20)13-37-14-26(29)38(25,35)36)27(34)31-12-18-10-24-16(11-30-18)6-7-23(33-24)22-3-1-2-21(32-22)15-4-5-15/h1-3,6-11,15,26H,4-5,12-14H2,(H,31,34)/t26-/m1/s1. The SMILES string of the molecule is O=C(NCc1cc2nc(-c3cccc(C4CC4)n3)ccc2cn1)c1cc(Cl)c2c(c1)S(=O)(=O)[C@@H](F)COC2. The minimum Gasteiger partial charge on any atom is -0.373 e. The quantitative estimate of drug-likeness (QED) is 0.380. The lowest BCUT2D eigenvalue weighted by atomic mass is 10.1. The minimum absolute atomic E-state index is 0.00533. The summed E-state index contributed by atoms with van der Waals surface area (Å²) in [5.74, 6) is -0.0359. The maximum Gasteiger partial charge on any atom is 0.251 e. The molecule has 8 nitrogen and oxygen atoms in total. The second-order valence-electron chi connectivity index (χ2n) is 9.37. The van der Waals surface area contributed by atoms with Crippen LogP contribution < -0.4 is 5.32 Å². The van der Waals surface area contributed by atoms with Crippen LogP contribution in [0.15, 0.2) is 59.6 Å². The number of hydrogen-bond acceptors (Lipinski definition) is 7. The molecule has 0 bridgehead atoms. The molecule has 194 valence electrons. The number of rotatable bonds is 5. The second-order valence-corrected chi connectivity index (χ2v) is 11.8. The second kappa shape index (κ2) is 9.68. The predicted octanol–water partition coefficient (Wildman–Crippen LogP) is 4.75. The van der Waals surface area contributed by atoms with E-state index < -0.39 is 27.9 Å². The molecule has 3 aromatic heterocycles. The van der Waals surface area contributed by atoms with Gasteiger partial charge in [-0.15, -0.1) is 0 Å². The maximum atomic E-state index is 14.2. The van der Waals surface area contributed by atoms with Gasteiger partial charge in [0.15, 0.2) is 0 Å². The van der Waals surface area contributed by atoms with Crippen LogP contribution >= 0.6 is 11.6 Å². The Morgan fingerprint density at radius 3 is 2.74 bits per heavy atom. The molecule has 4 heterocycles. The van der Waals surface area contributed by atoms with Gasteiger partial charge in [-0.1, -0.05) is 17.7 Å². The van der Waals surface area contributed by atoms with E-state index >= 15 is 0 Å². The van der Waals surface area contributed by atoms with Gasteiger partial charge < -0.3 is 10.1 Å². The Labute approximate surface area is 223 Å². The van der Waals surface area contributed by atoms with Crippen LogP contribution in [0.2, 0.25) is 5.02 Å². The molecule has 1 amide bonds. The zero-order valence-corrected chi connectivity index (χ0v) is 21.6. The van der Waals surface area contributed by atoms with E-state index in [0.29, 0.717) is 17.1 Å². The Bertz CT molecular complexity index is 1690. The van der Waals surface area contributed by atoms with Crippen LogP contribution in [0, 0.1) is 0 Å². The van der Waals surface area contributed by atoms with Crippen LogP contribution in [-0.2, 0) is 27.7 Å². The minimum atomic E-state index is -4.34. The molecule has 11 heteroatoms. The number of halogens is 2. The number of nitrogens with zero attached hydrogens (tertiary/aromatic N) is 3. The van der Waals surface area contributed by atoms with Crippen molar-refractivity contribution in [3.63, 3.8) is 0 Å². The zero-order valence-electron chi connectivity index (χ0n) is 20.0. The largest absolute Gasteiger partial charge is 0.373 e. The maximum absolute atomic E-state index is 14.2. The number of carbonyl (C=O) groups is 1. The van der Waals surface area contributed by atoms with Crippen LogP contribution in [0.4, 0.5) is 4.39 Å². The average Bonchev–Trinajstić information content (AvgIpc) is 3.78. The highest BCUT2D eigenvalue weighted by atomic mass is 35.5. The number of alkyl halides is 1. The fourth-order valence-electron chi connectivity index (χ4n) is 4.39. The predicted molar refractivity (Wildman–Crippen MR) is 139 cm³/mol. The van der Waals surface area contributed by atoms with E-state index in [1.54, 1.807) is 12.3 Å².